The van der Waals surface area contributed by atoms with Gasteiger partial charge in [-0.25, -0.2) is 14.9 Å². The number of aliphatic hydroxyl groups excluding tert-OH is 1. The third-order valence-electron chi connectivity index (χ3n) is 3.72. The van der Waals surface area contributed by atoms with Crippen LogP contribution in [-0.4, -0.2) is 29.2 Å². The maximum absolute atomic E-state index is 14.3. The lowest BCUT2D eigenvalue weighted by Gasteiger charge is -2.07. The van der Waals surface area contributed by atoms with Gasteiger partial charge in [0, 0.05) is 25.9 Å². The molecule has 8 heteroatoms. The molecule has 0 aliphatic carbocycles. The van der Waals surface area contributed by atoms with Gasteiger partial charge in [-0.15, -0.1) is 11.3 Å². The molecule has 1 aromatic carbocycles. The summed E-state index contributed by atoms with van der Waals surface area (Å²) >= 11 is 3.42. The van der Waals surface area contributed by atoms with Gasteiger partial charge in [0.2, 0.25) is 0 Å². The number of benzene rings is 1. The number of nitrogens with one attached hydrogen (secondary N) is 1. The van der Waals surface area contributed by atoms with Gasteiger partial charge in [-0.05, 0) is 59.3 Å². The van der Waals surface area contributed by atoms with E-state index >= 15 is 0 Å². The molecule has 26 heavy (non-hydrogen) atoms. The third-order valence-corrected chi connectivity index (χ3v) is 5.49. The van der Waals surface area contributed by atoms with Crippen LogP contribution in [0, 0.1) is 16.3 Å². The topological polar surface area (TPSA) is 71.5 Å². The van der Waals surface area contributed by atoms with Crippen molar-refractivity contribution in [3.05, 3.63) is 61.4 Å². The summed E-state index contributed by atoms with van der Waals surface area (Å²) < 4.78 is 15.1. The van der Waals surface area contributed by atoms with Crippen molar-refractivity contribution in [1.82, 2.24) is 10.5 Å². The van der Waals surface area contributed by atoms with Gasteiger partial charge in [0.1, 0.15) is 10.6 Å². The van der Waals surface area contributed by atoms with E-state index in [9.17, 15) is 9.18 Å². The lowest BCUT2D eigenvalue weighted by molar-refractivity contribution is 0.0169. The quantitative estimate of drug-likeness (QED) is 0.318. The van der Waals surface area contributed by atoms with Crippen molar-refractivity contribution in [2.75, 3.05) is 13.2 Å². The maximum Gasteiger partial charge on any atom is 0.276 e. The summed E-state index contributed by atoms with van der Waals surface area (Å²) in [5.74, 6) is -0.738. The van der Waals surface area contributed by atoms with Crippen LogP contribution in [0.25, 0.3) is 10.2 Å². The first-order chi connectivity index (χ1) is 12.5. The number of aliphatic hydroxyl groups is 1. The molecule has 2 aromatic heterocycles. The van der Waals surface area contributed by atoms with Crippen LogP contribution in [0.2, 0.25) is 0 Å². The molecule has 0 spiro atoms. The Kier molecular flexibility index (Phi) is 6.17. The van der Waals surface area contributed by atoms with Crippen LogP contribution in [0.15, 0.2) is 30.3 Å². The second-order valence-electron chi connectivity index (χ2n) is 5.62. The lowest BCUT2D eigenvalue weighted by atomic mass is 10.1. The second kappa shape index (κ2) is 8.38. The Morgan fingerprint density at radius 2 is 2.19 bits per heavy atom. The maximum atomic E-state index is 14.3. The zero-order valence-corrected chi connectivity index (χ0v) is 16.9. The first-order valence-corrected chi connectivity index (χ1v) is 9.75. The fraction of sp³-hybridized carbons (Fsp3) is 0.222. The Hall–Kier alpha value is -1.62. The fourth-order valence-electron chi connectivity index (χ4n) is 2.54. The molecule has 5 nitrogen and oxygen atoms in total. The number of thiophene rings is 1. The van der Waals surface area contributed by atoms with Crippen LogP contribution in [-0.2, 0) is 11.3 Å². The van der Waals surface area contributed by atoms with Crippen LogP contribution in [0.3, 0.4) is 0 Å². The molecule has 0 radical (unpaired) electrons. The third kappa shape index (κ3) is 4.20. The number of pyridine rings is 1. The van der Waals surface area contributed by atoms with Crippen molar-refractivity contribution >= 4 is 50.1 Å². The van der Waals surface area contributed by atoms with Crippen molar-refractivity contribution in [2.24, 2.45) is 0 Å². The number of rotatable bonds is 6. The summed E-state index contributed by atoms with van der Waals surface area (Å²) in [5, 5.41) is 9.49. The number of hydroxylamine groups is 1. The van der Waals surface area contributed by atoms with E-state index in [-0.39, 0.29) is 25.5 Å². The Balaban J connectivity index is 2.02. The fourth-order valence-corrected chi connectivity index (χ4v) is 4.23. The zero-order valence-electron chi connectivity index (χ0n) is 13.9. The summed E-state index contributed by atoms with van der Waals surface area (Å²) in [4.78, 5) is 23.4. The van der Waals surface area contributed by atoms with Gasteiger partial charge in [0.25, 0.3) is 5.91 Å². The van der Waals surface area contributed by atoms with Crippen LogP contribution in [0.4, 0.5) is 4.39 Å². The Labute approximate surface area is 167 Å². The van der Waals surface area contributed by atoms with E-state index in [4.69, 9.17) is 9.94 Å². The van der Waals surface area contributed by atoms with Crippen molar-refractivity contribution in [1.29, 1.82) is 0 Å². The molecule has 0 aliphatic heterocycles. The minimum absolute atomic E-state index is 0.00769. The molecular weight excluding hydrogens is 470 g/mol. The number of aryl methyl sites for hydroxylation is 1. The Bertz CT molecular complexity index is 961. The van der Waals surface area contributed by atoms with Gasteiger partial charge in [-0.2, -0.15) is 0 Å². The average molecular weight is 486 g/mol. The SMILES string of the molecule is Cc1ccc2c(C(=O)NOCCO)c(Cc3ccc(I)cc3F)sc2n1. The first-order valence-electron chi connectivity index (χ1n) is 7.85. The molecule has 0 unspecified atom stereocenters. The minimum Gasteiger partial charge on any atom is -0.394 e. The van der Waals surface area contributed by atoms with Crippen molar-refractivity contribution in [3.8, 4) is 0 Å². The highest BCUT2D eigenvalue weighted by Crippen LogP contribution is 2.32. The summed E-state index contributed by atoms with van der Waals surface area (Å²) in [5.41, 5.74) is 4.11. The molecule has 0 bridgehead atoms. The smallest absolute Gasteiger partial charge is 0.276 e. The average Bonchev–Trinajstić information content (AvgIpc) is 2.94. The van der Waals surface area contributed by atoms with Crippen molar-refractivity contribution in [3.63, 3.8) is 0 Å². The zero-order chi connectivity index (χ0) is 18.7. The predicted octanol–water partition coefficient (Wildman–Crippen LogP) is 3.59. The number of carbonyl (C=O) groups is 1. The van der Waals surface area contributed by atoms with E-state index in [0.717, 1.165) is 14.1 Å². The highest BCUT2D eigenvalue weighted by molar-refractivity contribution is 14.1. The number of nitrogens with zero attached hydrogens (tertiary/aromatic N) is 1. The highest BCUT2D eigenvalue weighted by Gasteiger charge is 2.21. The first kappa shape index (κ1) is 19.2. The molecular formula is C18H16FIN2O3S. The number of fused-ring (bicyclic) bond motifs is 1. The van der Waals surface area contributed by atoms with Crippen molar-refractivity contribution in [2.45, 2.75) is 13.3 Å². The van der Waals surface area contributed by atoms with Gasteiger partial charge in [0.15, 0.2) is 0 Å². The van der Waals surface area contributed by atoms with E-state index in [2.05, 4.69) is 33.1 Å². The van der Waals surface area contributed by atoms with Gasteiger partial charge < -0.3 is 5.11 Å². The predicted molar refractivity (Wildman–Crippen MR) is 107 cm³/mol. The Morgan fingerprint density at radius 1 is 1.38 bits per heavy atom. The van der Waals surface area contributed by atoms with Crippen LogP contribution in [0.1, 0.15) is 26.5 Å². The van der Waals surface area contributed by atoms with E-state index in [1.54, 1.807) is 6.07 Å². The van der Waals surface area contributed by atoms with Gasteiger partial charge >= 0.3 is 0 Å². The number of amides is 1. The molecule has 1 amide bonds. The number of carbonyl (C=O) groups excluding carboxylic acids is 1. The van der Waals surface area contributed by atoms with E-state index in [1.807, 2.05) is 25.1 Å². The number of halogens is 2. The minimum atomic E-state index is -0.434. The summed E-state index contributed by atoms with van der Waals surface area (Å²) in [6.07, 6.45) is 0.283. The van der Waals surface area contributed by atoms with Gasteiger partial charge in [0.05, 0.1) is 18.8 Å². The van der Waals surface area contributed by atoms with Gasteiger partial charge in [-0.3, -0.25) is 9.63 Å². The van der Waals surface area contributed by atoms with Crippen LogP contribution >= 0.6 is 33.9 Å². The largest absolute Gasteiger partial charge is 0.394 e. The molecule has 0 fully saturated rings. The molecule has 0 aliphatic rings. The number of hydrogen-bond donors (Lipinski definition) is 2. The van der Waals surface area contributed by atoms with Crippen LogP contribution < -0.4 is 5.48 Å². The molecule has 2 N–H and O–H groups in total. The van der Waals surface area contributed by atoms with Gasteiger partial charge in [-0.1, -0.05) is 6.07 Å². The monoisotopic (exact) mass is 486 g/mol. The molecule has 0 saturated carbocycles. The standard InChI is InChI=1S/C18H16FIN2O3S/c1-10-2-5-13-16(17(24)22-25-7-6-23)15(26-18(13)21-10)8-11-3-4-12(20)9-14(11)19/h2-5,9,23H,6-8H2,1H3,(H,22,24). The molecule has 0 saturated heterocycles. The lowest BCUT2D eigenvalue weighted by Crippen LogP contribution is -2.25. The molecule has 0 atom stereocenters. The molecule has 3 rings (SSSR count). The van der Waals surface area contributed by atoms with Crippen molar-refractivity contribution < 1.29 is 19.1 Å². The molecule has 2 heterocycles. The van der Waals surface area contributed by atoms with E-state index < -0.39 is 5.91 Å². The number of aromatic nitrogens is 1. The Morgan fingerprint density at radius 3 is 2.92 bits per heavy atom. The van der Waals surface area contributed by atoms with E-state index in [0.29, 0.717) is 21.4 Å². The summed E-state index contributed by atoms with van der Waals surface area (Å²) in [6, 6.07) is 8.69. The molecule has 3 aromatic rings. The number of hydrogen-bond acceptors (Lipinski definition) is 5. The summed E-state index contributed by atoms with van der Waals surface area (Å²) in [7, 11) is 0. The second-order valence-corrected chi connectivity index (χ2v) is 7.95. The van der Waals surface area contributed by atoms with E-state index in [1.165, 1.54) is 17.4 Å². The molecule has 136 valence electrons. The normalized spacial score (nSPS) is 11.1. The summed E-state index contributed by atoms with van der Waals surface area (Å²) in [6.45, 7) is 1.67. The van der Waals surface area contributed by atoms with Crippen LogP contribution in [0.5, 0.6) is 0 Å². The highest BCUT2D eigenvalue weighted by atomic mass is 127.